The molecule has 0 aliphatic heterocycles. The van der Waals surface area contributed by atoms with Gasteiger partial charge in [0.2, 0.25) is 0 Å². The molecule has 0 spiro atoms. The van der Waals surface area contributed by atoms with Crippen LogP contribution >= 0.6 is 0 Å². The van der Waals surface area contributed by atoms with Crippen LogP contribution in [0, 0.1) is 11.3 Å². The molecule has 1 N–H and O–H groups in total. The number of nitriles is 1. The first-order valence-electron chi connectivity index (χ1n) is 4.49. The lowest BCUT2D eigenvalue weighted by Gasteiger charge is -1.99. The van der Waals surface area contributed by atoms with Crippen LogP contribution in [0.2, 0.25) is 0 Å². The molecule has 0 bridgehead atoms. The van der Waals surface area contributed by atoms with Crippen LogP contribution in [0.25, 0.3) is 5.69 Å². The van der Waals surface area contributed by atoms with Gasteiger partial charge in [0.15, 0.2) is 0 Å². The number of hydrogen-bond acceptors (Lipinski definition) is 3. The molecule has 1 aromatic heterocycles. The lowest BCUT2D eigenvalue weighted by atomic mass is 10.3. The molecule has 0 amide bonds. The fraction of sp³-hybridized carbons (Fsp3) is 0.0909. The third kappa shape index (κ3) is 1.97. The fourth-order valence-electron chi connectivity index (χ4n) is 1.29. The SMILES string of the molecule is N#CCc1cnn(-c2ccc(O)cc2)c1. The van der Waals surface area contributed by atoms with Crippen LogP contribution in [-0.2, 0) is 6.42 Å². The summed E-state index contributed by atoms with van der Waals surface area (Å²) in [5.74, 6) is 0.225. The predicted molar refractivity (Wildman–Crippen MR) is 54.5 cm³/mol. The molecule has 2 aromatic rings. The number of phenols is 1. The summed E-state index contributed by atoms with van der Waals surface area (Å²) in [7, 11) is 0. The second kappa shape index (κ2) is 3.84. The lowest BCUT2D eigenvalue weighted by Crippen LogP contribution is -1.92. The fourth-order valence-corrected chi connectivity index (χ4v) is 1.29. The van der Waals surface area contributed by atoms with Gasteiger partial charge in [-0.2, -0.15) is 10.4 Å². The van der Waals surface area contributed by atoms with Crippen molar-refractivity contribution in [1.82, 2.24) is 9.78 Å². The quantitative estimate of drug-likeness (QED) is 0.799. The first-order chi connectivity index (χ1) is 7.29. The number of rotatable bonds is 2. The van der Waals surface area contributed by atoms with Crippen LogP contribution in [0.3, 0.4) is 0 Å². The molecule has 0 atom stereocenters. The minimum absolute atomic E-state index is 0.225. The molecular formula is C11H9N3O. The normalized spacial score (nSPS) is 9.80. The second-order valence-corrected chi connectivity index (χ2v) is 3.14. The average Bonchev–Trinajstić information content (AvgIpc) is 2.68. The van der Waals surface area contributed by atoms with E-state index in [1.165, 1.54) is 0 Å². The van der Waals surface area contributed by atoms with E-state index in [0.717, 1.165) is 11.3 Å². The highest BCUT2D eigenvalue weighted by atomic mass is 16.3. The number of nitrogens with zero attached hydrogens (tertiary/aromatic N) is 3. The van der Waals surface area contributed by atoms with Gasteiger partial charge in [0.25, 0.3) is 0 Å². The van der Waals surface area contributed by atoms with E-state index >= 15 is 0 Å². The molecule has 0 aliphatic rings. The zero-order chi connectivity index (χ0) is 10.7. The number of aromatic hydroxyl groups is 1. The Bertz CT molecular complexity index is 493. The molecule has 0 saturated heterocycles. The van der Waals surface area contributed by atoms with Crippen LogP contribution in [0.5, 0.6) is 5.75 Å². The first kappa shape index (κ1) is 9.28. The zero-order valence-electron chi connectivity index (χ0n) is 7.96. The third-order valence-corrected chi connectivity index (χ3v) is 2.03. The van der Waals surface area contributed by atoms with Crippen LogP contribution in [0.4, 0.5) is 0 Å². The van der Waals surface area contributed by atoms with Gasteiger partial charge in [-0.15, -0.1) is 0 Å². The van der Waals surface area contributed by atoms with E-state index in [2.05, 4.69) is 11.2 Å². The maximum atomic E-state index is 9.12. The Labute approximate surface area is 87.0 Å². The van der Waals surface area contributed by atoms with Gasteiger partial charge in [-0.05, 0) is 24.3 Å². The molecule has 2 rings (SSSR count). The van der Waals surface area contributed by atoms with E-state index in [-0.39, 0.29) is 5.75 Å². The third-order valence-electron chi connectivity index (χ3n) is 2.03. The standard InChI is InChI=1S/C11H9N3O/c12-6-5-9-7-13-14(8-9)10-1-3-11(15)4-2-10/h1-4,7-8,15H,5H2. The Hall–Kier alpha value is -2.28. The molecule has 4 nitrogen and oxygen atoms in total. The van der Waals surface area contributed by atoms with Crippen LogP contribution < -0.4 is 0 Å². The Morgan fingerprint density at radius 3 is 2.73 bits per heavy atom. The van der Waals surface area contributed by atoms with Crippen LogP contribution in [0.1, 0.15) is 5.56 Å². The molecule has 1 aromatic carbocycles. The highest BCUT2D eigenvalue weighted by Gasteiger charge is 2.00. The lowest BCUT2D eigenvalue weighted by molar-refractivity contribution is 0.475. The molecular weight excluding hydrogens is 190 g/mol. The van der Waals surface area contributed by atoms with E-state index < -0.39 is 0 Å². The smallest absolute Gasteiger partial charge is 0.115 e. The Morgan fingerprint density at radius 1 is 1.33 bits per heavy atom. The topological polar surface area (TPSA) is 61.8 Å². The Balaban J connectivity index is 2.30. The average molecular weight is 199 g/mol. The predicted octanol–water partition coefficient (Wildman–Crippen LogP) is 1.64. The number of hydrogen-bond donors (Lipinski definition) is 1. The van der Waals surface area contributed by atoms with E-state index in [0.29, 0.717) is 6.42 Å². The van der Waals surface area contributed by atoms with Crippen molar-refractivity contribution in [2.75, 3.05) is 0 Å². The van der Waals surface area contributed by atoms with Gasteiger partial charge in [0.1, 0.15) is 5.75 Å². The molecule has 0 radical (unpaired) electrons. The maximum Gasteiger partial charge on any atom is 0.115 e. The number of phenolic OH excluding ortho intramolecular Hbond substituents is 1. The van der Waals surface area contributed by atoms with Gasteiger partial charge >= 0.3 is 0 Å². The summed E-state index contributed by atoms with van der Waals surface area (Å²) < 4.78 is 1.67. The molecule has 0 saturated carbocycles. The van der Waals surface area contributed by atoms with Gasteiger partial charge in [0, 0.05) is 11.8 Å². The van der Waals surface area contributed by atoms with Crippen molar-refractivity contribution in [3.8, 4) is 17.5 Å². The van der Waals surface area contributed by atoms with Crippen molar-refractivity contribution >= 4 is 0 Å². The molecule has 1 heterocycles. The van der Waals surface area contributed by atoms with Gasteiger partial charge < -0.3 is 5.11 Å². The highest BCUT2D eigenvalue weighted by molar-refractivity contribution is 5.36. The summed E-state index contributed by atoms with van der Waals surface area (Å²) >= 11 is 0. The molecule has 0 aliphatic carbocycles. The van der Waals surface area contributed by atoms with E-state index in [1.807, 2.05) is 0 Å². The van der Waals surface area contributed by atoms with Crippen molar-refractivity contribution in [3.63, 3.8) is 0 Å². The summed E-state index contributed by atoms with van der Waals surface area (Å²) in [4.78, 5) is 0. The van der Waals surface area contributed by atoms with E-state index in [1.54, 1.807) is 41.3 Å². The second-order valence-electron chi connectivity index (χ2n) is 3.14. The molecule has 74 valence electrons. The van der Waals surface area contributed by atoms with E-state index in [9.17, 15) is 0 Å². The number of aromatic nitrogens is 2. The van der Waals surface area contributed by atoms with Gasteiger partial charge in [-0.3, -0.25) is 0 Å². The van der Waals surface area contributed by atoms with Gasteiger partial charge in [-0.1, -0.05) is 0 Å². The molecule has 4 heteroatoms. The summed E-state index contributed by atoms with van der Waals surface area (Å²) in [6.07, 6.45) is 3.82. The molecule has 0 unspecified atom stereocenters. The molecule has 15 heavy (non-hydrogen) atoms. The number of benzene rings is 1. The summed E-state index contributed by atoms with van der Waals surface area (Å²) in [5.41, 5.74) is 1.74. The summed E-state index contributed by atoms with van der Waals surface area (Å²) in [6.45, 7) is 0. The van der Waals surface area contributed by atoms with Crippen molar-refractivity contribution < 1.29 is 5.11 Å². The van der Waals surface area contributed by atoms with Crippen molar-refractivity contribution in [2.24, 2.45) is 0 Å². The van der Waals surface area contributed by atoms with Crippen molar-refractivity contribution in [3.05, 3.63) is 42.2 Å². The van der Waals surface area contributed by atoms with Crippen LogP contribution in [0.15, 0.2) is 36.7 Å². The molecule has 0 fully saturated rings. The Morgan fingerprint density at radius 2 is 2.07 bits per heavy atom. The largest absolute Gasteiger partial charge is 0.508 e. The van der Waals surface area contributed by atoms with E-state index in [4.69, 9.17) is 10.4 Å². The minimum Gasteiger partial charge on any atom is -0.508 e. The highest BCUT2D eigenvalue weighted by Crippen LogP contribution is 2.13. The first-order valence-corrected chi connectivity index (χ1v) is 4.49. The van der Waals surface area contributed by atoms with Crippen molar-refractivity contribution in [2.45, 2.75) is 6.42 Å². The zero-order valence-corrected chi connectivity index (χ0v) is 7.96. The summed E-state index contributed by atoms with van der Waals surface area (Å²) in [5, 5.41) is 21.8. The van der Waals surface area contributed by atoms with Crippen molar-refractivity contribution in [1.29, 1.82) is 5.26 Å². The Kier molecular flexibility index (Phi) is 2.38. The maximum absolute atomic E-state index is 9.12. The minimum atomic E-state index is 0.225. The summed E-state index contributed by atoms with van der Waals surface area (Å²) in [6, 6.07) is 8.79. The monoisotopic (exact) mass is 199 g/mol. The van der Waals surface area contributed by atoms with Gasteiger partial charge in [-0.25, -0.2) is 4.68 Å². The van der Waals surface area contributed by atoms with Crippen LogP contribution in [-0.4, -0.2) is 14.9 Å². The van der Waals surface area contributed by atoms with Gasteiger partial charge in [0.05, 0.1) is 24.4 Å².